The van der Waals surface area contributed by atoms with Crippen molar-refractivity contribution in [3.8, 4) is 23.0 Å². The van der Waals surface area contributed by atoms with Crippen molar-refractivity contribution >= 4 is 21.7 Å². The highest BCUT2D eigenvalue weighted by Crippen LogP contribution is 2.39. The van der Waals surface area contributed by atoms with Gasteiger partial charge in [-0.2, -0.15) is 0 Å². The Balaban J connectivity index is 1.53. The van der Waals surface area contributed by atoms with E-state index in [1.54, 1.807) is 27.4 Å². The molecule has 0 saturated heterocycles. The highest BCUT2D eigenvalue weighted by Gasteiger charge is 2.23. The second-order valence-electron chi connectivity index (χ2n) is 7.65. The average Bonchev–Trinajstić information content (AvgIpc) is 2.83. The number of ether oxygens (including phenoxy) is 4. The lowest BCUT2D eigenvalue weighted by atomic mass is 10.0. The van der Waals surface area contributed by atoms with Gasteiger partial charge in [0.1, 0.15) is 18.1 Å². The van der Waals surface area contributed by atoms with E-state index in [0.717, 1.165) is 27.6 Å². The Hall–Kier alpha value is -3.71. The molecule has 0 bridgehead atoms. The second-order valence-corrected chi connectivity index (χ2v) is 7.65. The molecule has 0 spiro atoms. The lowest BCUT2D eigenvalue weighted by Crippen LogP contribution is -2.31. The number of fused-ring (bicyclic) bond motifs is 5. The number of methoxy groups -OCH3 is 3. The Labute approximate surface area is 184 Å². The summed E-state index contributed by atoms with van der Waals surface area (Å²) in [6, 6.07) is 15.2. The van der Waals surface area contributed by atoms with Gasteiger partial charge in [0.25, 0.3) is 0 Å². The summed E-state index contributed by atoms with van der Waals surface area (Å²) in [7, 11) is 4.78. The monoisotopic (exact) mass is 433 g/mol. The van der Waals surface area contributed by atoms with Gasteiger partial charge < -0.3 is 23.4 Å². The number of hydrogen-bond acceptors (Lipinski definition) is 7. The molecule has 3 aromatic carbocycles. The summed E-state index contributed by atoms with van der Waals surface area (Å²) in [6.07, 6.45) is 0. The Morgan fingerprint density at radius 3 is 2.31 bits per heavy atom. The SMILES string of the molecule is COc1cc(CN2COc3ccc4c(oc(=O)c5ccccc54)c3C2)cc(OC)c1OC. The molecule has 0 atom stereocenters. The predicted octanol–water partition coefficient (Wildman–Crippen LogP) is 4.32. The fraction of sp³-hybridized carbons (Fsp3) is 0.240. The van der Waals surface area contributed by atoms with E-state index in [2.05, 4.69) is 4.90 Å². The normalized spacial score (nSPS) is 13.6. The molecule has 0 aliphatic carbocycles. The maximum atomic E-state index is 12.6. The van der Waals surface area contributed by atoms with Crippen LogP contribution in [0, 0.1) is 0 Å². The van der Waals surface area contributed by atoms with E-state index in [-0.39, 0.29) is 5.63 Å². The maximum absolute atomic E-state index is 12.6. The molecule has 1 aromatic heterocycles. The minimum absolute atomic E-state index is 0.344. The fourth-order valence-electron chi connectivity index (χ4n) is 4.28. The average molecular weight is 433 g/mol. The Bertz CT molecular complexity index is 1350. The van der Waals surface area contributed by atoms with Crippen LogP contribution in [0.1, 0.15) is 11.1 Å². The maximum Gasteiger partial charge on any atom is 0.344 e. The van der Waals surface area contributed by atoms with Gasteiger partial charge in [-0.3, -0.25) is 4.90 Å². The first-order valence-corrected chi connectivity index (χ1v) is 10.2. The van der Waals surface area contributed by atoms with Gasteiger partial charge in [-0.15, -0.1) is 0 Å². The second kappa shape index (κ2) is 8.09. The van der Waals surface area contributed by atoms with Gasteiger partial charge in [-0.25, -0.2) is 4.79 Å². The Morgan fingerprint density at radius 2 is 1.62 bits per heavy atom. The van der Waals surface area contributed by atoms with Crippen molar-refractivity contribution in [1.29, 1.82) is 0 Å². The molecule has 0 amide bonds. The van der Waals surface area contributed by atoms with Crippen LogP contribution in [-0.4, -0.2) is 33.0 Å². The standard InChI is InChI=1S/C25H23NO6/c1-28-21-10-15(11-22(29-2)24(21)30-3)12-26-13-19-20(31-14-26)9-8-17-16-6-4-5-7-18(16)25(27)32-23(17)19/h4-11H,12-14H2,1-3H3. The van der Waals surface area contributed by atoms with E-state index in [1.807, 2.05) is 42.5 Å². The van der Waals surface area contributed by atoms with E-state index in [0.29, 0.717) is 48.0 Å². The van der Waals surface area contributed by atoms with Gasteiger partial charge >= 0.3 is 5.63 Å². The van der Waals surface area contributed by atoms with Crippen molar-refractivity contribution in [2.75, 3.05) is 28.1 Å². The van der Waals surface area contributed by atoms with Crippen LogP contribution in [0.15, 0.2) is 57.7 Å². The van der Waals surface area contributed by atoms with Crippen LogP contribution in [0.2, 0.25) is 0 Å². The number of hydrogen-bond donors (Lipinski definition) is 0. The zero-order valence-corrected chi connectivity index (χ0v) is 18.1. The molecule has 7 heteroatoms. The summed E-state index contributed by atoms with van der Waals surface area (Å²) in [5, 5.41) is 2.35. The van der Waals surface area contributed by atoms with Crippen LogP contribution >= 0.6 is 0 Å². The summed E-state index contributed by atoms with van der Waals surface area (Å²) >= 11 is 0. The van der Waals surface area contributed by atoms with Gasteiger partial charge in [-0.1, -0.05) is 18.2 Å². The van der Waals surface area contributed by atoms with Crippen LogP contribution in [0.5, 0.6) is 23.0 Å². The molecule has 2 heterocycles. The lowest BCUT2D eigenvalue weighted by Gasteiger charge is -2.29. The molecule has 0 fully saturated rings. The number of nitrogens with zero attached hydrogens (tertiary/aromatic N) is 1. The molecular weight excluding hydrogens is 410 g/mol. The Kier molecular flexibility index (Phi) is 5.11. The van der Waals surface area contributed by atoms with Crippen molar-refractivity contribution in [2.45, 2.75) is 13.1 Å². The van der Waals surface area contributed by atoms with Crippen molar-refractivity contribution in [3.05, 3.63) is 70.1 Å². The third kappa shape index (κ3) is 3.31. The number of benzene rings is 3. The van der Waals surface area contributed by atoms with E-state index < -0.39 is 0 Å². The minimum Gasteiger partial charge on any atom is -0.493 e. The number of rotatable bonds is 5. The fourth-order valence-corrected chi connectivity index (χ4v) is 4.28. The summed E-state index contributed by atoms with van der Waals surface area (Å²) in [6.45, 7) is 1.57. The summed E-state index contributed by atoms with van der Waals surface area (Å²) < 4.78 is 28.1. The first-order valence-electron chi connectivity index (χ1n) is 10.2. The van der Waals surface area contributed by atoms with Gasteiger partial charge in [0.2, 0.25) is 5.75 Å². The quantitative estimate of drug-likeness (QED) is 0.343. The van der Waals surface area contributed by atoms with Crippen LogP contribution in [0.3, 0.4) is 0 Å². The first kappa shape index (κ1) is 20.2. The molecule has 7 nitrogen and oxygen atoms in total. The van der Waals surface area contributed by atoms with Crippen LogP contribution in [0.25, 0.3) is 21.7 Å². The molecule has 32 heavy (non-hydrogen) atoms. The van der Waals surface area contributed by atoms with E-state index >= 15 is 0 Å². The molecule has 0 unspecified atom stereocenters. The van der Waals surface area contributed by atoms with Crippen LogP contribution < -0.4 is 24.6 Å². The Morgan fingerprint density at radius 1 is 0.906 bits per heavy atom. The summed E-state index contributed by atoms with van der Waals surface area (Å²) in [5.74, 6) is 2.49. The van der Waals surface area contributed by atoms with Gasteiger partial charge in [0, 0.05) is 18.5 Å². The lowest BCUT2D eigenvalue weighted by molar-refractivity contribution is 0.0888. The smallest absolute Gasteiger partial charge is 0.344 e. The van der Waals surface area contributed by atoms with Crippen LogP contribution in [-0.2, 0) is 13.1 Å². The van der Waals surface area contributed by atoms with E-state index in [4.69, 9.17) is 23.4 Å². The molecular formula is C25H23NO6. The molecule has 0 radical (unpaired) electrons. The molecule has 1 aliphatic heterocycles. The van der Waals surface area contributed by atoms with Crippen molar-refractivity contribution in [2.24, 2.45) is 0 Å². The first-order chi connectivity index (χ1) is 15.6. The van der Waals surface area contributed by atoms with E-state index in [9.17, 15) is 4.79 Å². The largest absolute Gasteiger partial charge is 0.493 e. The predicted molar refractivity (Wildman–Crippen MR) is 121 cm³/mol. The van der Waals surface area contributed by atoms with Crippen molar-refractivity contribution in [3.63, 3.8) is 0 Å². The molecule has 1 aliphatic rings. The molecule has 4 aromatic rings. The molecule has 0 saturated carbocycles. The van der Waals surface area contributed by atoms with Crippen molar-refractivity contribution < 1.29 is 23.4 Å². The summed E-state index contributed by atoms with van der Waals surface area (Å²) in [5.41, 5.74) is 2.08. The third-order valence-corrected chi connectivity index (χ3v) is 5.76. The van der Waals surface area contributed by atoms with E-state index in [1.165, 1.54) is 0 Å². The molecule has 0 N–H and O–H groups in total. The zero-order chi connectivity index (χ0) is 22.2. The highest BCUT2D eigenvalue weighted by molar-refractivity contribution is 6.05. The highest BCUT2D eigenvalue weighted by atomic mass is 16.5. The van der Waals surface area contributed by atoms with Gasteiger partial charge in [0.05, 0.1) is 32.3 Å². The van der Waals surface area contributed by atoms with Gasteiger partial charge in [-0.05, 0) is 41.3 Å². The minimum atomic E-state index is -0.344. The zero-order valence-electron chi connectivity index (χ0n) is 18.1. The van der Waals surface area contributed by atoms with Crippen LogP contribution in [0.4, 0.5) is 0 Å². The van der Waals surface area contributed by atoms with Gasteiger partial charge in [0.15, 0.2) is 11.5 Å². The molecule has 164 valence electrons. The van der Waals surface area contributed by atoms with Crippen molar-refractivity contribution in [1.82, 2.24) is 4.90 Å². The summed E-state index contributed by atoms with van der Waals surface area (Å²) in [4.78, 5) is 14.7. The third-order valence-electron chi connectivity index (χ3n) is 5.76. The topological polar surface area (TPSA) is 70.4 Å². The molecule has 5 rings (SSSR count).